The Kier molecular flexibility index (Phi) is 4.53. The molecule has 0 aliphatic rings. The van der Waals surface area contributed by atoms with E-state index in [0.29, 0.717) is 5.75 Å². The largest absolute Gasteiger partial charge is 0.508 e. The maximum atomic E-state index is 9.34. The van der Waals surface area contributed by atoms with Crippen molar-refractivity contribution >= 4 is 0 Å². The van der Waals surface area contributed by atoms with E-state index in [1.807, 2.05) is 24.4 Å². The number of nitrogens with zero attached hydrogens (tertiary/aromatic N) is 1. The Labute approximate surface area is 114 Å². The van der Waals surface area contributed by atoms with E-state index in [1.165, 1.54) is 11.1 Å². The van der Waals surface area contributed by atoms with Crippen molar-refractivity contribution in [2.24, 2.45) is 0 Å². The molecule has 0 saturated carbocycles. The normalized spacial score (nSPS) is 14.0. The first-order chi connectivity index (χ1) is 9.20. The van der Waals surface area contributed by atoms with Gasteiger partial charge in [0.15, 0.2) is 0 Å². The third-order valence-electron chi connectivity index (χ3n) is 3.34. The molecule has 0 aliphatic carbocycles. The molecule has 19 heavy (non-hydrogen) atoms. The van der Waals surface area contributed by atoms with Crippen LogP contribution in [0.3, 0.4) is 0 Å². The van der Waals surface area contributed by atoms with Gasteiger partial charge in [0.1, 0.15) is 5.75 Å². The van der Waals surface area contributed by atoms with Crippen LogP contribution in [0.2, 0.25) is 0 Å². The molecular formula is C16H20N2O. The minimum atomic E-state index is 0.243. The van der Waals surface area contributed by atoms with Gasteiger partial charge in [-0.15, -0.1) is 0 Å². The predicted octanol–water partition coefficient (Wildman–Crippen LogP) is 3.59. The van der Waals surface area contributed by atoms with Crippen LogP contribution >= 0.6 is 0 Å². The third kappa shape index (κ3) is 3.55. The highest BCUT2D eigenvalue weighted by molar-refractivity contribution is 5.28. The van der Waals surface area contributed by atoms with E-state index in [0.717, 1.165) is 6.42 Å². The van der Waals surface area contributed by atoms with Crippen molar-refractivity contribution < 1.29 is 5.11 Å². The van der Waals surface area contributed by atoms with Crippen LogP contribution in [0.15, 0.2) is 48.8 Å². The van der Waals surface area contributed by atoms with Crippen LogP contribution in [0.4, 0.5) is 0 Å². The van der Waals surface area contributed by atoms with Gasteiger partial charge in [-0.05, 0) is 42.7 Å². The zero-order valence-corrected chi connectivity index (χ0v) is 11.4. The maximum absolute atomic E-state index is 9.34. The summed E-state index contributed by atoms with van der Waals surface area (Å²) >= 11 is 0. The van der Waals surface area contributed by atoms with Crippen molar-refractivity contribution in [3.05, 3.63) is 59.9 Å². The van der Waals surface area contributed by atoms with Crippen LogP contribution in [-0.4, -0.2) is 10.1 Å². The summed E-state index contributed by atoms with van der Waals surface area (Å²) in [5, 5.41) is 12.9. The Hall–Kier alpha value is -1.87. The second-order valence-electron chi connectivity index (χ2n) is 4.73. The van der Waals surface area contributed by atoms with E-state index in [2.05, 4.69) is 30.2 Å². The average molecular weight is 256 g/mol. The fourth-order valence-corrected chi connectivity index (χ4v) is 2.19. The zero-order valence-electron chi connectivity index (χ0n) is 11.4. The van der Waals surface area contributed by atoms with Gasteiger partial charge in [-0.25, -0.2) is 0 Å². The molecule has 1 unspecified atom stereocenters. The molecule has 1 aromatic heterocycles. The van der Waals surface area contributed by atoms with Gasteiger partial charge in [0.05, 0.1) is 0 Å². The summed E-state index contributed by atoms with van der Waals surface area (Å²) in [6.45, 7) is 4.29. The lowest BCUT2D eigenvalue weighted by molar-refractivity contribution is 0.452. The lowest BCUT2D eigenvalue weighted by Gasteiger charge is -2.23. The lowest BCUT2D eigenvalue weighted by Crippen LogP contribution is -2.24. The summed E-state index contributed by atoms with van der Waals surface area (Å²) in [5.41, 5.74) is 2.37. The van der Waals surface area contributed by atoms with Crippen LogP contribution in [0.25, 0.3) is 0 Å². The first kappa shape index (κ1) is 13.6. The van der Waals surface area contributed by atoms with E-state index in [9.17, 15) is 5.11 Å². The second kappa shape index (κ2) is 6.34. The number of nitrogens with one attached hydrogen (secondary N) is 1. The van der Waals surface area contributed by atoms with Gasteiger partial charge < -0.3 is 10.4 Å². The minimum Gasteiger partial charge on any atom is -0.508 e. The summed E-state index contributed by atoms with van der Waals surface area (Å²) < 4.78 is 0. The van der Waals surface area contributed by atoms with E-state index in [-0.39, 0.29) is 12.1 Å². The maximum Gasteiger partial charge on any atom is 0.115 e. The molecule has 2 aromatic rings. The summed E-state index contributed by atoms with van der Waals surface area (Å²) in [4.78, 5) is 4.15. The zero-order chi connectivity index (χ0) is 13.7. The fourth-order valence-electron chi connectivity index (χ4n) is 2.19. The highest BCUT2D eigenvalue weighted by Crippen LogP contribution is 2.23. The van der Waals surface area contributed by atoms with Crippen LogP contribution in [0.1, 0.15) is 43.5 Å². The number of benzene rings is 1. The number of aromatic hydroxyl groups is 1. The van der Waals surface area contributed by atoms with Gasteiger partial charge in [0.25, 0.3) is 0 Å². The Morgan fingerprint density at radius 2 is 1.89 bits per heavy atom. The monoisotopic (exact) mass is 256 g/mol. The van der Waals surface area contributed by atoms with Gasteiger partial charge in [0, 0.05) is 24.5 Å². The van der Waals surface area contributed by atoms with Gasteiger partial charge in [0.2, 0.25) is 0 Å². The van der Waals surface area contributed by atoms with Crippen molar-refractivity contribution in [3.8, 4) is 5.75 Å². The number of hydrogen-bond acceptors (Lipinski definition) is 3. The smallest absolute Gasteiger partial charge is 0.115 e. The number of pyridine rings is 1. The molecule has 0 amide bonds. The molecule has 2 N–H and O–H groups in total. The van der Waals surface area contributed by atoms with E-state index >= 15 is 0 Å². The first-order valence-corrected chi connectivity index (χ1v) is 6.65. The van der Waals surface area contributed by atoms with Gasteiger partial charge in [-0.3, -0.25) is 4.98 Å². The Bertz CT molecular complexity index is 496. The summed E-state index contributed by atoms with van der Waals surface area (Å²) in [7, 11) is 0. The standard InChI is InChI=1S/C16H20N2O/c1-3-16(13-6-8-15(19)9-7-13)18-12(2)14-5-4-10-17-11-14/h4-12,16,18-19H,3H2,1-2H3/t12-,16?/m1/s1. The number of phenols is 1. The molecule has 1 aromatic carbocycles. The molecule has 0 bridgehead atoms. The van der Waals surface area contributed by atoms with E-state index in [1.54, 1.807) is 18.3 Å². The first-order valence-electron chi connectivity index (χ1n) is 6.65. The number of hydrogen-bond donors (Lipinski definition) is 2. The van der Waals surface area contributed by atoms with E-state index in [4.69, 9.17) is 0 Å². The van der Waals surface area contributed by atoms with Crippen molar-refractivity contribution in [1.29, 1.82) is 0 Å². The van der Waals surface area contributed by atoms with Crippen molar-refractivity contribution in [2.75, 3.05) is 0 Å². The van der Waals surface area contributed by atoms with Crippen LogP contribution < -0.4 is 5.32 Å². The minimum absolute atomic E-state index is 0.243. The molecule has 0 spiro atoms. The topological polar surface area (TPSA) is 45.2 Å². The molecule has 0 aliphatic heterocycles. The predicted molar refractivity (Wildman–Crippen MR) is 76.9 cm³/mol. The molecule has 2 rings (SSSR count). The molecule has 0 fully saturated rings. The van der Waals surface area contributed by atoms with Gasteiger partial charge in [-0.1, -0.05) is 25.1 Å². The Morgan fingerprint density at radius 3 is 2.47 bits per heavy atom. The molecule has 0 saturated heterocycles. The Balaban J connectivity index is 2.09. The van der Waals surface area contributed by atoms with Crippen LogP contribution in [0.5, 0.6) is 5.75 Å². The van der Waals surface area contributed by atoms with E-state index < -0.39 is 0 Å². The third-order valence-corrected chi connectivity index (χ3v) is 3.34. The highest BCUT2D eigenvalue weighted by Gasteiger charge is 2.13. The van der Waals surface area contributed by atoms with Crippen molar-refractivity contribution in [3.63, 3.8) is 0 Å². The molecule has 2 atom stereocenters. The van der Waals surface area contributed by atoms with Crippen LogP contribution in [0, 0.1) is 0 Å². The summed E-state index contributed by atoms with van der Waals surface area (Å²) in [6, 6.07) is 11.9. The molecule has 3 nitrogen and oxygen atoms in total. The molecule has 3 heteroatoms. The molecule has 100 valence electrons. The van der Waals surface area contributed by atoms with Crippen LogP contribution in [-0.2, 0) is 0 Å². The van der Waals surface area contributed by atoms with Crippen molar-refractivity contribution in [2.45, 2.75) is 32.4 Å². The average Bonchev–Trinajstić information content (AvgIpc) is 2.46. The Morgan fingerprint density at radius 1 is 1.16 bits per heavy atom. The van der Waals surface area contributed by atoms with Gasteiger partial charge >= 0.3 is 0 Å². The summed E-state index contributed by atoms with van der Waals surface area (Å²) in [6.07, 6.45) is 4.67. The molecule has 0 radical (unpaired) electrons. The van der Waals surface area contributed by atoms with Gasteiger partial charge in [-0.2, -0.15) is 0 Å². The van der Waals surface area contributed by atoms with Crippen molar-refractivity contribution in [1.82, 2.24) is 10.3 Å². The number of rotatable bonds is 5. The quantitative estimate of drug-likeness (QED) is 0.859. The molecular weight excluding hydrogens is 236 g/mol. The number of phenolic OH excluding ortho intramolecular Hbond substituents is 1. The fraction of sp³-hybridized carbons (Fsp3) is 0.312. The number of aromatic nitrogens is 1. The highest BCUT2D eigenvalue weighted by atomic mass is 16.3. The molecule has 1 heterocycles. The summed E-state index contributed by atoms with van der Waals surface area (Å²) in [5.74, 6) is 0.305. The SMILES string of the molecule is CCC(N[C@H](C)c1cccnc1)c1ccc(O)cc1. The second-order valence-corrected chi connectivity index (χ2v) is 4.73. The lowest BCUT2D eigenvalue weighted by atomic mass is 10.0.